The lowest BCUT2D eigenvalue weighted by atomic mass is 10.1. The quantitative estimate of drug-likeness (QED) is 0.723. The third-order valence-electron chi connectivity index (χ3n) is 3.23. The summed E-state index contributed by atoms with van der Waals surface area (Å²) in [6, 6.07) is 9.10. The van der Waals surface area contributed by atoms with Gasteiger partial charge in [-0.2, -0.15) is 0 Å². The van der Waals surface area contributed by atoms with Gasteiger partial charge in [0, 0.05) is 25.6 Å². The summed E-state index contributed by atoms with van der Waals surface area (Å²) in [5.41, 5.74) is 2.64. The fraction of sp³-hybridized carbons (Fsp3) is 0.533. The van der Waals surface area contributed by atoms with Crippen molar-refractivity contribution in [3.63, 3.8) is 0 Å². The molecule has 0 atom stereocenters. The molecule has 0 heterocycles. The van der Waals surface area contributed by atoms with E-state index in [1.54, 1.807) is 0 Å². The molecule has 18 heavy (non-hydrogen) atoms. The smallest absolute Gasteiger partial charge is 0.221 e. The largest absolute Gasteiger partial charge is 0.353 e. The van der Waals surface area contributed by atoms with E-state index < -0.39 is 0 Å². The number of hydrogen-bond acceptors (Lipinski definition) is 2. The Morgan fingerprint density at radius 3 is 2.50 bits per heavy atom. The third-order valence-corrected chi connectivity index (χ3v) is 3.23. The molecule has 0 saturated heterocycles. The second kappa shape index (κ2) is 6.55. The van der Waals surface area contributed by atoms with Crippen molar-refractivity contribution in [3.05, 3.63) is 35.4 Å². The van der Waals surface area contributed by atoms with E-state index in [-0.39, 0.29) is 5.91 Å². The Labute approximate surface area is 109 Å². The van der Waals surface area contributed by atoms with Gasteiger partial charge in [0.05, 0.1) is 0 Å². The highest BCUT2D eigenvalue weighted by molar-refractivity contribution is 5.76. The van der Waals surface area contributed by atoms with Crippen molar-refractivity contribution >= 4 is 5.91 Å². The fourth-order valence-corrected chi connectivity index (χ4v) is 1.85. The van der Waals surface area contributed by atoms with Gasteiger partial charge in [0.2, 0.25) is 5.91 Å². The highest BCUT2D eigenvalue weighted by Crippen LogP contribution is 2.18. The monoisotopic (exact) mass is 246 g/mol. The normalized spacial score (nSPS) is 14.5. The topological polar surface area (TPSA) is 41.1 Å². The van der Waals surface area contributed by atoms with Gasteiger partial charge in [0.25, 0.3) is 0 Å². The van der Waals surface area contributed by atoms with Crippen molar-refractivity contribution in [2.45, 2.75) is 45.2 Å². The number of carbonyl (C=O) groups is 1. The van der Waals surface area contributed by atoms with E-state index in [0.717, 1.165) is 32.4 Å². The van der Waals surface area contributed by atoms with Gasteiger partial charge in [-0.3, -0.25) is 4.79 Å². The van der Waals surface area contributed by atoms with Crippen LogP contribution in [0, 0.1) is 0 Å². The summed E-state index contributed by atoms with van der Waals surface area (Å²) in [7, 11) is 0. The lowest BCUT2D eigenvalue weighted by Crippen LogP contribution is -2.28. The van der Waals surface area contributed by atoms with Crippen LogP contribution in [0.15, 0.2) is 24.3 Å². The van der Waals surface area contributed by atoms with Gasteiger partial charge in [0.1, 0.15) is 0 Å². The van der Waals surface area contributed by atoms with Gasteiger partial charge < -0.3 is 10.6 Å². The summed E-state index contributed by atoms with van der Waals surface area (Å²) >= 11 is 0. The zero-order chi connectivity index (χ0) is 12.8. The zero-order valence-corrected chi connectivity index (χ0v) is 11.0. The SMILES string of the molecule is CCc1ccc(CNCCC(=O)NC2CC2)cc1. The van der Waals surface area contributed by atoms with Gasteiger partial charge >= 0.3 is 0 Å². The van der Waals surface area contributed by atoms with Crippen LogP contribution in [0.4, 0.5) is 0 Å². The van der Waals surface area contributed by atoms with E-state index in [1.165, 1.54) is 11.1 Å². The van der Waals surface area contributed by atoms with Crippen LogP contribution < -0.4 is 10.6 Å². The van der Waals surface area contributed by atoms with Crippen molar-refractivity contribution in [3.8, 4) is 0 Å². The average Bonchev–Trinajstić information content (AvgIpc) is 3.19. The summed E-state index contributed by atoms with van der Waals surface area (Å²) in [6.07, 6.45) is 3.96. The predicted octanol–water partition coefficient (Wildman–Crippen LogP) is 2.01. The molecule has 2 rings (SSSR count). The van der Waals surface area contributed by atoms with Gasteiger partial charge in [-0.1, -0.05) is 31.2 Å². The highest BCUT2D eigenvalue weighted by atomic mass is 16.1. The molecule has 98 valence electrons. The molecule has 0 unspecified atom stereocenters. The van der Waals surface area contributed by atoms with Crippen LogP contribution in [0.2, 0.25) is 0 Å². The van der Waals surface area contributed by atoms with Crippen LogP contribution in [0.5, 0.6) is 0 Å². The summed E-state index contributed by atoms with van der Waals surface area (Å²) in [5, 5.41) is 6.29. The molecule has 1 fully saturated rings. The van der Waals surface area contributed by atoms with Gasteiger partial charge in [-0.25, -0.2) is 0 Å². The van der Waals surface area contributed by atoms with E-state index in [9.17, 15) is 4.79 Å². The van der Waals surface area contributed by atoms with Gasteiger partial charge in [-0.05, 0) is 30.4 Å². The summed E-state index contributed by atoms with van der Waals surface area (Å²) in [4.78, 5) is 11.4. The van der Waals surface area contributed by atoms with Crippen LogP contribution in [-0.2, 0) is 17.8 Å². The number of amides is 1. The highest BCUT2D eigenvalue weighted by Gasteiger charge is 2.22. The third kappa shape index (κ3) is 4.49. The van der Waals surface area contributed by atoms with Gasteiger partial charge in [0.15, 0.2) is 0 Å². The summed E-state index contributed by atoms with van der Waals surface area (Å²) < 4.78 is 0. The number of benzene rings is 1. The Bertz CT molecular complexity index is 382. The molecule has 0 spiro atoms. The molecule has 1 aromatic rings. The van der Waals surface area contributed by atoms with E-state index >= 15 is 0 Å². The first-order valence-electron chi connectivity index (χ1n) is 6.86. The van der Waals surface area contributed by atoms with Crippen LogP contribution in [-0.4, -0.2) is 18.5 Å². The maximum Gasteiger partial charge on any atom is 0.221 e. The molecule has 0 aliphatic heterocycles. The molecule has 1 aromatic carbocycles. The molecular weight excluding hydrogens is 224 g/mol. The summed E-state index contributed by atoms with van der Waals surface area (Å²) in [5.74, 6) is 0.173. The average molecular weight is 246 g/mol. The minimum atomic E-state index is 0.173. The first-order valence-corrected chi connectivity index (χ1v) is 6.86. The Morgan fingerprint density at radius 2 is 1.89 bits per heavy atom. The Kier molecular flexibility index (Phi) is 4.76. The standard InChI is InChI=1S/C15H22N2O/c1-2-12-3-5-13(6-4-12)11-16-10-9-15(18)17-14-7-8-14/h3-6,14,16H,2,7-11H2,1H3,(H,17,18). The van der Waals surface area contributed by atoms with Crippen molar-refractivity contribution in [1.82, 2.24) is 10.6 Å². The molecule has 3 nitrogen and oxygen atoms in total. The molecule has 1 amide bonds. The molecule has 0 aromatic heterocycles. The first-order chi connectivity index (χ1) is 8.78. The minimum absolute atomic E-state index is 0.173. The minimum Gasteiger partial charge on any atom is -0.353 e. The maximum atomic E-state index is 11.4. The lowest BCUT2D eigenvalue weighted by Gasteiger charge is -2.06. The molecule has 0 bridgehead atoms. The first kappa shape index (κ1) is 13.1. The van der Waals surface area contributed by atoms with E-state index in [2.05, 4.69) is 41.8 Å². The Hall–Kier alpha value is -1.35. The van der Waals surface area contributed by atoms with Crippen LogP contribution in [0.3, 0.4) is 0 Å². The lowest BCUT2D eigenvalue weighted by molar-refractivity contribution is -0.121. The second-order valence-corrected chi connectivity index (χ2v) is 4.94. The van der Waals surface area contributed by atoms with Crippen LogP contribution in [0.25, 0.3) is 0 Å². The van der Waals surface area contributed by atoms with Crippen LogP contribution in [0.1, 0.15) is 37.3 Å². The van der Waals surface area contributed by atoms with Crippen molar-refractivity contribution in [1.29, 1.82) is 0 Å². The van der Waals surface area contributed by atoms with E-state index in [0.29, 0.717) is 12.5 Å². The number of nitrogens with one attached hydrogen (secondary N) is 2. The fourth-order valence-electron chi connectivity index (χ4n) is 1.85. The number of hydrogen-bond donors (Lipinski definition) is 2. The van der Waals surface area contributed by atoms with E-state index in [1.807, 2.05) is 0 Å². The molecule has 0 radical (unpaired) electrons. The van der Waals surface area contributed by atoms with E-state index in [4.69, 9.17) is 0 Å². The molecular formula is C15H22N2O. The number of aryl methyl sites for hydroxylation is 1. The van der Waals surface area contributed by atoms with Gasteiger partial charge in [-0.15, -0.1) is 0 Å². The summed E-state index contributed by atoms with van der Waals surface area (Å²) in [6.45, 7) is 3.74. The molecule has 1 saturated carbocycles. The van der Waals surface area contributed by atoms with Crippen LogP contribution >= 0.6 is 0 Å². The van der Waals surface area contributed by atoms with Crippen molar-refractivity contribution in [2.75, 3.05) is 6.54 Å². The van der Waals surface area contributed by atoms with Crippen molar-refractivity contribution in [2.24, 2.45) is 0 Å². The number of rotatable bonds is 7. The maximum absolute atomic E-state index is 11.4. The second-order valence-electron chi connectivity index (χ2n) is 4.94. The molecule has 1 aliphatic rings. The Balaban J connectivity index is 1.60. The molecule has 2 N–H and O–H groups in total. The number of carbonyl (C=O) groups excluding carboxylic acids is 1. The molecule has 1 aliphatic carbocycles. The Morgan fingerprint density at radius 1 is 1.22 bits per heavy atom. The zero-order valence-electron chi connectivity index (χ0n) is 11.0. The van der Waals surface area contributed by atoms with Crippen molar-refractivity contribution < 1.29 is 4.79 Å². The molecule has 3 heteroatoms. The predicted molar refractivity (Wildman–Crippen MR) is 73.3 cm³/mol.